The fourth-order valence-electron chi connectivity index (χ4n) is 3.70. The first-order valence-corrected chi connectivity index (χ1v) is 8.79. The third kappa shape index (κ3) is 3.09. The summed E-state index contributed by atoms with van der Waals surface area (Å²) in [6.07, 6.45) is 4.55. The molecule has 1 aliphatic carbocycles. The van der Waals surface area contributed by atoms with Crippen molar-refractivity contribution in [2.75, 3.05) is 35.2 Å². The summed E-state index contributed by atoms with van der Waals surface area (Å²) in [6.45, 7) is 2.22. The second-order valence-electron chi connectivity index (χ2n) is 6.60. The highest BCUT2D eigenvalue weighted by molar-refractivity contribution is 5.95. The van der Waals surface area contributed by atoms with Crippen molar-refractivity contribution in [2.24, 2.45) is 0 Å². The summed E-state index contributed by atoms with van der Waals surface area (Å²) in [6, 6.07) is 14.5. The Kier molecular flexibility index (Phi) is 4.11. The number of fused-ring (bicyclic) bond motifs is 2. The second kappa shape index (κ2) is 6.56. The first-order chi connectivity index (χ1) is 11.8. The van der Waals surface area contributed by atoms with Gasteiger partial charge in [0.2, 0.25) is 5.91 Å². The molecule has 2 aromatic carbocycles. The molecule has 1 aliphatic heterocycles. The lowest BCUT2D eigenvalue weighted by atomic mass is 10.1. The number of hydrogen-bond acceptors (Lipinski definition) is 3. The number of rotatable bonds is 3. The minimum absolute atomic E-state index is 0.0460. The number of nitrogens with zero attached hydrogens (tertiary/aromatic N) is 1. The Morgan fingerprint density at radius 2 is 1.96 bits per heavy atom. The van der Waals surface area contributed by atoms with Crippen LogP contribution in [-0.4, -0.2) is 25.5 Å². The van der Waals surface area contributed by atoms with Crippen LogP contribution in [0.1, 0.15) is 24.0 Å². The molecule has 4 heteroatoms. The number of nitrogens with one attached hydrogen (secondary N) is 2. The fourth-order valence-corrected chi connectivity index (χ4v) is 3.70. The normalized spacial score (nSPS) is 15.9. The molecule has 0 aromatic heterocycles. The third-order valence-corrected chi connectivity index (χ3v) is 4.88. The van der Waals surface area contributed by atoms with Crippen molar-refractivity contribution in [3.8, 4) is 0 Å². The maximum absolute atomic E-state index is 12.5. The molecule has 2 aromatic rings. The molecular weight excluding hydrogens is 298 g/mol. The summed E-state index contributed by atoms with van der Waals surface area (Å²) in [7, 11) is 0. The molecule has 1 amide bonds. The molecule has 2 N–H and O–H groups in total. The lowest BCUT2D eigenvalue weighted by molar-refractivity contribution is -0.115. The average Bonchev–Trinajstić information content (AvgIpc) is 2.96. The third-order valence-electron chi connectivity index (χ3n) is 4.88. The predicted octanol–water partition coefficient (Wildman–Crippen LogP) is 3.44. The molecule has 0 fully saturated rings. The van der Waals surface area contributed by atoms with Crippen LogP contribution in [0, 0.1) is 0 Å². The van der Waals surface area contributed by atoms with Crippen LogP contribution in [0.15, 0.2) is 42.5 Å². The summed E-state index contributed by atoms with van der Waals surface area (Å²) < 4.78 is 0. The Morgan fingerprint density at radius 1 is 1.08 bits per heavy atom. The Bertz CT molecular complexity index is 756. The molecule has 124 valence electrons. The lowest BCUT2D eigenvalue weighted by Gasteiger charge is -2.23. The molecule has 0 radical (unpaired) electrons. The van der Waals surface area contributed by atoms with Gasteiger partial charge in [0.05, 0.1) is 17.9 Å². The maximum Gasteiger partial charge on any atom is 0.243 e. The summed E-state index contributed by atoms with van der Waals surface area (Å²) in [4.78, 5) is 14.7. The molecule has 0 bridgehead atoms. The molecule has 4 rings (SSSR count). The van der Waals surface area contributed by atoms with Crippen LogP contribution in [0.3, 0.4) is 0 Å². The number of para-hydroxylation sites is 2. The molecule has 0 saturated heterocycles. The van der Waals surface area contributed by atoms with Crippen molar-refractivity contribution in [1.29, 1.82) is 0 Å². The van der Waals surface area contributed by atoms with E-state index in [4.69, 9.17) is 0 Å². The minimum atomic E-state index is 0.0460. The zero-order chi connectivity index (χ0) is 16.4. The van der Waals surface area contributed by atoms with E-state index < -0.39 is 0 Å². The van der Waals surface area contributed by atoms with Crippen molar-refractivity contribution in [1.82, 2.24) is 0 Å². The van der Waals surface area contributed by atoms with Gasteiger partial charge in [0.1, 0.15) is 0 Å². The largest absolute Gasteiger partial charge is 0.383 e. The first-order valence-electron chi connectivity index (χ1n) is 8.79. The van der Waals surface area contributed by atoms with Crippen molar-refractivity contribution in [3.63, 3.8) is 0 Å². The van der Waals surface area contributed by atoms with E-state index in [0.29, 0.717) is 6.54 Å². The highest BCUT2D eigenvalue weighted by atomic mass is 16.2. The monoisotopic (exact) mass is 321 g/mol. The van der Waals surface area contributed by atoms with Gasteiger partial charge in [-0.15, -0.1) is 0 Å². The van der Waals surface area contributed by atoms with E-state index in [1.165, 1.54) is 24.0 Å². The van der Waals surface area contributed by atoms with Crippen molar-refractivity contribution >= 4 is 23.0 Å². The highest BCUT2D eigenvalue weighted by Gasteiger charge is 2.18. The smallest absolute Gasteiger partial charge is 0.243 e. The van der Waals surface area contributed by atoms with Crippen LogP contribution in [0.5, 0.6) is 0 Å². The molecule has 2 aliphatic rings. The van der Waals surface area contributed by atoms with Crippen LogP contribution >= 0.6 is 0 Å². The van der Waals surface area contributed by atoms with Gasteiger partial charge in [0.15, 0.2) is 0 Å². The molecule has 24 heavy (non-hydrogen) atoms. The SMILES string of the molecule is O=C(CN1CCCNc2ccccc21)Nc1ccc2c(c1)CCC2. The number of amides is 1. The van der Waals surface area contributed by atoms with Gasteiger partial charge >= 0.3 is 0 Å². The fraction of sp³-hybridized carbons (Fsp3) is 0.350. The van der Waals surface area contributed by atoms with Crippen molar-refractivity contribution in [3.05, 3.63) is 53.6 Å². The summed E-state index contributed by atoms with van der Waals surface area (Å²) in [5.74, 6) is 0.0460. The number of carbonyl (C=O) groups excluding carboxylic acids is 1. The second-order valence-corrected chi connectivity index (χ2v) is 6.60. The molecule has 0 atom stereocenters. The van der Waals surface area contributed by atoms with E-state index in [9.17, 15) is 4.79 Å². The van der Waals surface area contributed by atoms with Gasteiger partial charge in [-0.05, 0) is 61.1 Å². The summed E-state index contributed by atoms with van der Waals surface area (Å²) >= 11 is 0. The van der Waals surface area contributed by atoms with Gasteiger partial charge in [0.25, 0.3) is 0 Å². The van der Waals surface area contributed by atoms with Gasteiger partial charge in [-0.3, -0.25) is 4.79 Å². The molecule has 0 unspecified atom stereocenters. The van der Waals surface area contributed by atoms with Gasteiger partial charge in [-0.25, -0.2) is 0 Å². The number of carbonyl (C=O) groups is 1. The average molecular weight is 321 g/mol. The molecule has 1 heterocycles. The molecule has 4 nitrogen and oxygen atoms in total. The minimum Gasteiger partial charge on any atom is -0.383 e. The highest BCUT2D eigenvalue weighted by Crippen LogP contribution is 2.28. The van der Waals surface area contributed by atoms with Crippen molar-refractivity contribution in [2.45, 2.75) is 25.7 Å². The van der Waals surface area contributed by atoms with E-state index in [2.05, 4.69) is 39.8 Å². The Balaban J connectivity index is 1.46. The van der Waals surface area contributed by atoms with Crippen LogP contribution in [0.4, 0.5) is 17.1 Å². The molecule has 0 saturated carbocycles. The Hall–Kier alpha value is -2.49. The van der Waals surface area contributed by atoms with Gasteiger partial charge in [-0.1, -0.05) is 18.2 Å². The van der Waals surface area contributed by atoms with Crippen molar-refractivity contribution < 1.29 is 4.79 Å². The van der Waals surface area contributed by atoms with E-state index in [-0.39, 0.29) is 5.91 Å². The van der Waals surface area contributed by atoms with Crippen LogP contribution in [-0.2, 0) is 17.6 Å². The van der Waals surface area contributed by atoms with Gasteiger partial charge in [-0.2, -0.15) is 0 Å². The van der Waals surface area contributed by atoms with E-state index in [0.717, 1.165) is 43.0 Å². The van der Waals surface area contributed by atoms with E-state index in [1.54, 1.807) is 0 Å². The van der Waals surface area contributed by atoms with Crippen LogP contribution in [0.2, 0.25) is 0 Å². The maximum atomic E-state index is 12.5. The topological polar surface area (TPSA) is 44.4 Å². The summed E-state index contributed by atoms with van der Waals surface area (Å²) in [5, 5.41) is 6.50. The Labute approximate surface area is 142 Å². The number of aryl methyl sites for hydroxylation is 2. The number of anilines is 3. The van der Waals surface area contributed by atoms with Gasteiger partial charge in [0, 0.05) is 18.8 Å². The Morgan fingerprint density at radius 3 is 2.92 bits per heavy atom. The predicted molar refractivity (Wildman–Crippen MR) is 98.9 cm³/mol. The van der Waals surface area contributed by atoms with E-state index in [1.807, 2.05) is 18.2 Å². The molecule has 0 spiro atoms. The molecular formula is C20H23N3O. The zero-order valence-corrected chi connectivity index (χ0v) is 13.8. The van der Waals surface area contributed by atoms with Crippen LogP contribution in [0.25, 0.3) is 0 Å². The van der Waals surface area contributed by atoms with Crippen LogP contribution < -0.4 is 15.5 Å². The van der Waals surface area contributed by atoms with Gasteiger partial charge < -0.3 is 15.5 Å². The first kappa shape index (κ1) is 15.1. The quantitative estimate of drug-likeness (QED) is 0.910. The number of benzene rings is 2. The zero-order valence-electron chi connectivity index (χ0n) is 13.8. The number of hydrogen-bond donors (Lipinski definition) is 2. The standard InChI is InChI=1S/C20H23N3O/c24-20(22-17-10-9-15-5-3-6-16(15)13-17)14-23-12-4-11-21-18-7-1-2-8-19(18)23/h1-2,7-10,13,21H,3-6,11-12,14H2,(H,22,24). The lowest BCUT2D eigenvalue weighted by Crippen LogP contribution is -2.33. The van der Waals surface area contributed by atoms with E-state index >= 15 is 0 Å². The summed E-state index contributed by atoms with van der Waals surface area (Å²) in [5.41, 5.74) is 5.96.